The van der Waals surface area contributed by atoms with E-state index in [1.54, 1.807) is 16.7 Å². The van der Waals surface area contributed by atoms with Gasteiger partial charge in [0.05, 0.1) is 5.56 Å². The number of carbonyl (C=O) groups excluding carboxylic acids is 2. The molecule has 1 fully saturated rings. The fourth-order valence-corrected chi connectivity index (χ4v) is 6.17. The number of hydrogen-bond donors (Lipinski definition) is 1. The quantitative estimate of drug-likeness (QED) is 0.203. The minimum atomic E-state index is -0.197. The molecule has 2 amide bonds. The summed E-state index contributed by atoms with van der Waals surface area (Å²) in [5.41, 5.74) is 4.01. The van der Waals surface area contributed by atoms with Crippen molar-refractivity contribution in [2.45, 2.75) is 37.0 Å². The molecule has 0 bridgehead atoms. The molecule has 2 heterocycles. The Hall–Kier alpha value is -3.49. The first-order valence-electron chi connectivity index (χ1n) is 12.3. The highest BCUT2D eigenvalue weighted by Gasteiger charge is 2.34. The van der Waals surface area contributed by atoms with E-state index in [0.29, 0.717) is 23.7 Å². The van der Waals surface area contributed by atoms with Crippen LogP contribution in [0.15, 0.2) is 83.8 Å². The lowest BCUT2D eigenvalue weighted by atomic mass is 10.1. The van der Waals surface area contributed by atoms with Crippen molar-refractivity contribution in [3.8, 4) is 0 Å². The first-order chi connectivity index (χ1) is 18.1. The van der Waals surface area contributed by atoms with Crippen LogP contribution in [0.4, 0.5) is 10.8 Å². The SMILES string of the molecule is Cc1ccc(N2CC(c3nnc(NC(=O)c4ccccc4SCCCc4ccccc4)s3)CC2=O)cc1. The summed E-state index contributed by atoms with van der Waals surface area (Å²) in [6.07, 6.45) is 2.43. The fraction of sp³-hybridized carbons (Fsp3) is 0.241. The highest BCUT2D eigenvalue weighted by Crippen LogP contribution is 2.34. The van der Waals surface area contributed by atoms with Crippen molar-refractivity contribution in [3.05, 3.63) is 101 Å². The molecule has 8 heteroatoms. The Kier molecular flexibility index (Phi) is 7.96. The van der Waals surface area contributed by atoms with Crippen molar-refractivity contribution in [1.82, 2.24) is 10.2 Å². The lowest BCUT2D eigenvalue weighted by Crippen LogP contribution is -2.24. The molecule has 188 valence electrons. The summed E-state index contributed by atoms with van der Waals surface area (Å²) in [5, 5.41) is 12.6. The summed E-state index contributed by atoms with van der Waals surface area (Å²) in [7, 11) is 0. The van der Waals surface area contributed by atoms with Crippen molar-refractivity contribution >= 4 is 45.7 Å². The zero-order chi connectivity index (χ0) is 25.6. The van der Waals surface area contributed by atoms with Gasteiger partial charge in [0.2, 0.25) is 11.0 Å². The molecule has 1 unspecified atom stereocenters. The second-order valence-corrected chi connectivity index (χ2v) is 11.2. The van der Waals surface area contributed by atoms with Gasteiger partial charge in [-0.1, -0.05) is 71.5 Å². The minimum absolute atomic E-state index is 0.0376. The number of aromatic nitrogens is 2. The van der Waals surface area contributed by atoms with E-state index in [1.807, 2.05) is 61.5 Å². The molecule has 1 saturated heterocycles. The van der Waals surface area contributed by atoms with Crippen molar-refractivity contribution in [2.75, 3.05) is 22.5 Å². The lowest BCUT2D eigenvalue weighted by molar-refractivity contribution is -0.117. The number of benzene rings is 3. The van der Waals surface area contributed by atoms with E-state index in [1.165, 1.54) is 16.9 Å². The summed E-state index contributed by atoms with van der Waals surface area (Å²) in [6.45, 7) is 2.59. The van der Waals surface area contributed by atoms with Gasteiger partial charge in [0.1, 0.15) is 5.01 Å². The number of thioether (sulfide) groups is 1. The maximum absolute atomic E-state index is 13.1. The van der Waals surface area contributed by atoms with Crippen molar-refractivity contribution in [3.63, 3.8) is 0 Å². The van der Waals surface area contributed by atoms with Gasteiger partial charge in [-0.15, -0.1) is 22.0 Å². The third-order valence-electron chi connectivity index (χ3n) is 6.32. The van der Waals surface area contributed by atoms with E-state index in [2.05, 4.69) is 39.8 Å². The first kappa shape index (κ1) is 25.2. The van der Waals surface area contributed by atoms with Crippen LogP contribution in [0.3, 0.4) is 0 Å². The molecule has 0 spiro atoms. The average Bonchev–Trinajstić information content (AvgIpc) is 3.54. The third kappa shape index (κ3) is 6.26. The van der Waals surface area contributed by atoms with Crippen LogP contribution in [0, 0.1) is 6.92 Å². The Morgan fingerprint density at radius 2 is 1.78 bits per heavy atom. The van der Waals surface area contributed by atoms with Crippen LogP contribution in [0.2, 0.25) is 0 Å². The first-order valence-corrected chi connectivity index (χ1v) is 14.1. The number of carbonyl (C=O) groups is 2. The standard InChI is InChI=1S/C29H28N4O2S2/c1-20-13-15-23(16-14-20)33-19-22(18-26(33)34)28-31-32-29(37-28)30-27(35)24-11-5-6-12-25(24)36-17-7-10-21-8-3-2-4-9-21/h2-6,8-9,11-16,22H,7,10,17-19H2,1H3,(H,30,32,35). The van der Waals surface area contributed by atoms with Gasteiger partial charge in [-0.2, -0.15) is 0 Å². The molecular weight excluding hydrogens is 500 g/mol. The summed E-state index contributed by atoms with van der Waals surface area (Å²) in [6, 6.07) is 26.0. The molecule has 5 rings (SSSR count). The maximum Gasteiger partial charge on any atom is 0.258 e. The molecule has 37 heavy (non-hydrogen) atoms. The molecule has 0 aliphatic carbocycles. The summed E-state index contributed by atoms with van der Waals surface area (Å²) < 4.78 is 0. The summed E-state index contributed by atoms with van der Waals surface area (Å²) >= 11 is 3.03. The molecule has 1 atom stereocenters. The Morgan fingerprint density at radius 1 is 1.03 bits per heavy atom. The maximum atomic E-state index is 13.1. The monoisotopic (exact) mass is 528 g/mol. The van der Waals surface area contributed by atoms with E-state index in [9.17, 15) is 9.59 Å². The number of aryl methyl sites for hydroxylation is 2. The van der Waals surface area contributed by atoms with Gasteiger partial charge in [0, 0.05) is 29.5 Å². The van der Waals surface area contributed by atoms with Gasteiger partial charge in [0.15, 0.2) is 0 Å². The molecule has 1 aliphatic rings. The zero-order valence-electron chi connectivity index (χ0n) is 20.6. The Labute approximate surface area is 225 Å². The van der Waals surface area contributed by atoms with Crippen molar-refractivity contribution in [1.29, 1.82) is 0 Å². The second-order valence-electron chi connectivity index (χ2n) is 9.07. The van der Waals surface area contributed by atoms with Gasteiger partial charge in [-0.3, -0.25) is 14.9 Å². The topological polar surface area (TPSA) is 75.2 Å². The largest absolute Gasteiger partial charge is 0.312 e. The molecule has 1 aromatic heterocycles. The van der Waals surface area contributed by atoms with Gasteiger partial charge in [0.25, 0.3) is 5.91 Å². The predicted octanol–water partition coefficient (Wildman–Crippen LogP) is 6.34. The predicted molar refractivity (Wildman–Crippen MR) is 151 cm³/mol. The molecular formula is C29H28N4O2S2. The number of nitrogens with one attached hydrogen (secondary N) is 1. The molecule has 1 aliphatic heterocycles. The summed E-state index contributed by atoms with van der Waals surface area (Å²) in [4.78, 5) is 28.5. The molecule has 6 nitrogen and oxygen atoms in total. The third-order valence-corrected chi connectivity index (χ3v) is 8.48. The molecule has 4 aromatic rings. The van der Waals surface area contributed by atoms with Crippen molar-refractivity contribution < 1.29 is 9.59 Å². The fourth-order valence-electron chi connectivity index (χ4n) is 4.34. The van der Waals surface area contributed by atoms with E-state index >= 15 is 0 Å². The highest BCUT2D eigenvalue weighted by molar-refractivity contribution is 7.99. The van der Waals surface area contributed by atoms with Gasteiger partial charge in [-0.25, -0.2) is 0 Å². The Balaban J connectivity index is 1.18. The lowest BCUT2D eigenvalue weighted by Gasteiger charge is -2.16. The van der Waals surface area contributed by atoms with Crippen LogP contribution in [0.25, 0.3) is 0 Å². The van der Waals surface area contributed by atoms with Gasteiger partial charge < -0.3 is 4.90 Å². The Bertz CT molecular complexity index is 1370. The van der Waals surface area contributed by atoms with Crippen LogP contribution < -0.4 is 10.2 Å². The summed E-state index contributed by atoms with van der Waals surface area (Å²) in [5.74, 6) is 0.768. The van der Waals surface area contributed by atoms with Gasteiger partial charge >= 0.3 is 0 Å². The molecule has 0 saturated carbocycles. The Morgan fingerprint density at radius 3 is 2.59 bits per heavy atom. The number of anilines is 2. The highest BCUT2D eigenvalue weighted by atomic mass is 32.2. The van der Waals surface area contributed by atoms with Crippen LogP contribution in [-0.4, -0.2) is 34.3 Å². The van der Waals surface area contributed by atoms with E-state index in [-0.39, 0.29) is 17.7 Å². The average molecular weight is 529 g/mol. The smallest absolute Gasteiger partial charge is 0.258 e. The van der Waals surface area contributed by atoms with Crippen LogP contribution >= 0.6 is 23.1 Å². The second kappa shape index (κ2) is 11.7. The van der Waals surface area contributed by atoms with Crippen molar-refractivity contribution in [2.24, 2.45) is 0 Å². The molecule has 1 N–H and O–H groups in total. The van der Waals surface area contributed by atoms with E-state index in [0.717, 1.165) is 39.7 Å². The zero-order valence-corrected chi connectivity index (χ0v) is 22.2. The minimum Gasteiger partial charge on any atom is -0.312 e. The number of rotatable bonds is 9. The number of nitrogens with zero attached hydrogens (tertiary/aromatic N) is 3. The molecule has 0 radical (unpaired) electrons. The molecule has 3 aromatic carbocycles. The van der Waals surface area contributed by atoms with Crippen LogP contribution in [0.1, 0.15) is 45.3 Å². The van der Waals surface area contributed by atoms with Crippen LogP contribution in [0.5, 0.6) is 0 Å². The van der Waals surface area contributed by atoms with E-state index < -0.39 is 0 Å². The number of amides is 2. The van der Waals surface area contributed by atoms with Crippen LogP contribution in [-0.2, 0) is 11.2 Å². The number of hydrogen-bond acceptors (Lipinski definition) is 6. The normalized spacial score (nSPS) is 15.2. The van der Waals surface area contributed by atoms with E-state index in [4.69, 9.17) is 0 Å². The van der Waals surface area contributed by atoms with Gasteiger partial charge in [-0.05, 0) is 55.3 Å².